The second-order valence-corrected chi connectivity index (χ2v) is 7.08. The van der Waals surface area contributed by atoms with Gasteiger partial charge >= 0.3 is 0 Å². The van der Waals surface area contributed by atoms with E-state index in [1.54, 1.807) is 0 Å². The number of hydrogen-bond donors (Lipinski definition) is 0. The summed E-state index contributed by atoms with van der Waals surface area (Å²) < 4.78 is 0.913. The summed E-state index contributed by atoms with van der Waals surface area (Å²) in [5.74, 6) is 0.685. The average Bonchev–Trinajstić information content (AvgIpc) is 2.67. The first-order valence-electron chi connectivity index (χ1n) is 5.26. The van der Waals surface area contributed by atoms with Crippen LogP contribution in [0.1, 0.15) is 23.0 Å². The van der Waals surface area contributed by atoms with E-state index < -0.39 is 0 Å². The maximum absolute atomic E-state index is 12.2. The van der Waals surface area contributed by atoms with Gasteiger partial charge in [-0.1, -0.05) is 22.9 Å². The van der Waals surface area contributed by atoms with Crippen LogP contribution in [0, 0.1) is 5.92 Å². The summed E-state index contributed by atoms with van der Waals surface area (Å²) in [6, 6.07) is 1.93. The molecule has 0 aromatic carbocycles. The number of nitrogens with zero attached hydrogens (tertiary/aromatic N) is 1. The Morgan fingerprint density at radius 3 is 2.94 bits per heavy atom. The zero-order chi connectivity index (χ0) is 11.7. The fourth-order valence-corrected chi connectivity index (χ4v) is 3.77. The number of halogens is 2. The van der Waals surface area contributed by atoms with E-state index in [0.717, 1.165) is 28.9 Å². The van der Waals surface area contributed by atoms with Gasteiger partial charge in [-0.25, -0.2) is 0 Å². The molecule has 1 aliphatic rings. The Hall–Kier alpha value is 0.130. The molecule has 5 heteroatoms. The molecule has 88 valence electrons. The highest BCUT2D eigenvalue weighted by molar-refractivity contribution is 9.10. The monoisotopic (exact) mass is 365 g/mol. The summed E-state index contributed by atoms with van der Waals surface area (Å²) in [4.78, 5) is 15.5. The molecule has 1 aromatic rings. The van der Waals surface area contributed by atoms with Crippen molar-refractivity contribution >= 4 is 49.1 Å². The van der Waals surface area contributed by atoms with E-state index in [1.807, 2.05) is 16.3 Å². The minimum Gasteiger partial charge on any atom is -0.338 e. The summed E-state index contributed by atoms with van der Waals surface area (Å²) in [5, 5.41) is 1.94. The number of rotatable bonds is 1. The minimum absolute atomic E-state index is 0.160. The van der Waals surface area contributed by atoms with Crippen LogP contribution >= 0.6 is 43.2 Å². The first kappa shape index (κ1) is 12.6. The van der Waals surface area contributed by atoms with Crippen LogP contribution in [0.15, 0.2) is 15.9 Å². The minimum atomic E-state index is 0.160. The van der Waals surface area contributed by atoms with Crippen LogP contribution in [-0.2, 0) is 0 Å². The van der Waals surface area contributed by atoms with Gasteiger partial charge in [0.25, 0.3) is 5.91 Å². The van der Waals surface area contributed by atoms with Crippen LogP contribution in [-0.4, -0.2) is 28.7 Å². The second kappa shape index (κ2) is 5.19. The van der Waals surface area contributed by atoms with Crippen molar-refractivity contribution < 1.29 is 4.79 Å². The average molecular weight is 367 g/mol. The smallest absolute Gasteiger partial charge is 0.265 e. The maximum Gasteiger partial charge on any atom is 0.265 e. The first-order valence-corrected chi connectivity index (χ1v) is 7.84. The summed E-state index contributed by atoms with van der Waals surface area (Å²) in [6.07, 6.45) is 1.04. The van der Waals surface area contributed by atoms with Gasteiger partial charge in [0.1, 0.15) is 4.88 Å². The van der Waals surface area contributed by atoms with Crippen molar-refractivity contribution in [2.24, 2.45) is 5.92 Å². The number of likely N-dealkylation sites (tertiary alicyclic amines) is 1. The quantitative estimate of drug-likeness (QED) is 0.693. The Morgan fingerprint density at radius 1 is 1.62 bits per heavy atom. The van der Waals surface area contributed by atoms with Crippen molar-refractivity contribution in [2.75, 3.05) is 13.1 Å². The Morgan fingerprint density at radius 2 is 2.38 bits per heavy atom. The lowest BCUT2D eigenvalue weighted by atomic mass is 10.00. The van der Waals surface area contributed by atoms with Crippen LogP contribution in [0.2, 0.25) is 0 Å². The molecule has 2 rings (SSSR count). The highest BCUT2D eigenvalue weighted by Crippen LogP contribution is 2.28. The van der Waals surface area contributed by atoms with Crippen LogP contribution in [0.4, 0.5) is 0 Å². The van der Waals surface area contributed by atoms with Gasteiger partial charge in [0, 0.05) is 22.4 Å². The highest BCUT2D eigenvalue weighted by Gasteiger charge is 2.28. The summed E-state index contributed by atoms with van der Waals surface area (Å²) in [7, 11) is 0. The zero-order valence-corrected chi connectivity index (χ0v) is 12.9. The number of carbonyl (C=O) groups excluding carboxylic acids is 1. The Kier molecular flexibility index (Phi) is 4.08. The number of hydrogen-bond acceptors (Lipinski definition) is 2. The van der Waals surface area contributed by atoms with E-state index in [4.69, 9.17) is 0 Å². The van der Waals surface area contributed by atoms with Crippen LogP contribution in [0.5, 0.6) is 0 Å². The van der Waals surface area contributed by atoms with Crippen molar-refractivity contribution in [3.8, 4) is 0 Å². The van der Waals surface area contributed by atoms with Crippen molar-refractivity contribution in [1.82, 2.24) is 4.90 Å². The van der Waals surface area contributed by atoms with Gasteiger partial charge in [0.05, 0.1) is 0 Å². The second-order valence-electron chi connectivity index (χ2n) is 4.13. The van der Waals surface area contributed by atoms with Gasteiger partial charge in [-0.2, -0.15) is 0 Å². The molecule has 0 bridgehead atoms. The molecule has 2 heterocycles. The van der Waals surface area contributed by atoms with Crippen LogP contribution < -0.4 is 0 Å². The molecule has 0 N–H and O–H groups in total. The van der Waals surface area contributed by atoms with Gasteiger partial charge in [0.15, 0.2) is 0 Å². The largest absolute Gasteiger partial charge is 0.338 e. The lowest BCUT2D eigenvalue weighted by Gasteiger charge is -2.34. The molecule has 1 amide bonds. The van der Waals surface area contributed by atoms with Crippen molar-refractivity contribution in [3.05, 3.63) is 20.8 Å². The normalized spacial score (nSPS) is 25.8. The van der Waals surface area contributed by atoms with E-state index in [1.165, 1.54) is 11.3 Å². The molecule has 0 radical (unpaired) electrons. The summed E-state index contributed by atoms with van der Waals surface area (Å²) >= 11 is 8.57. The molecule has 0 aliphatic carbocycles. The fourth-order valence-electron chi connectivity index (χ4n) is 1.89. The standard InChI is InChI=1S/C11H13Br2NOS/c1-7-6-14(4-2-8(7)12)11(15)10-9(13)3-5-16-10/h3,5,7-8H,2,4,6H2,1H3. The van der Waals surface area contributed by atoms with Gasteiger partial charge in [-0.15, -0.1) is 11.3 Å². The fraction of sp³-hybridized carbons (Fsp3) is 0.545. The maximum atomic E-state index is 12.2. The SMILES string of the molecule is CC1CN(C(=O)c2sccc2Br)CCC1Br. The lowest BCUT2D eigenvalue weighted by Crippen LogP contribution is -2.43. The van der Waals surface area contributed by atoms with Crippen LogP contribution in [0.25, 0.3) is 0 Å². The van der Waals surface area contributed by atoms with Gasteiger partial charge in [0.2, 0.25) is 0 Å². The number of carbonyl (C=O) groups is 1. The third-order valence-corrected chi connectivity index (χ3v) is 6.09. The molecule has 1 aromatic heterocycles. The van der Waals surface area contributed by atoms with E-state index >= 15 is 0 Å². The predicted octanol–water partition coefficient (Wildman–Crippen LogP) is 3.76. The third kappa shape index (κ3) is 2.51. The van der Waals surface area contributed by atoms with E-state index in [-0.39, 0.29) is 5.91 Å². The lowest BCUT2D eigenvalue weighted by molar-refractivity contribution is 0.0694. The summed E-state index contributed by atoms with van der Waals surface area (Å²) in [6.45, 7) is 3.88. The molecular weight excluding hydrogens is 354 g/mol. The Balaban J connectivity index is 2.09. The van der Waals surface area contributed by atoms with Crippen molar-refractivity contribution in [3.63, 3.8) is 0 Å². The predicted molar refractivity (Wildman–Crippen MR) is 74.4 cm³/mol. The van der Waals surface area contributed by atoms with Crippen molar-refractivity contribution in [1.29, 1.82) is 0 Å². The first-order chi connectivity index (χ1) is 7.59. The molecule has 2 unspecified atom stereocenters. The van der Waals surface area contributed by atoms with E-state index in [2.05, 4.69) is 38.8 Å². The topological polar surface area (TPSA) is 20.3 Å². The number of thiophene rings is 1. The molecule has 16 heavy (non-hydrogen) atoms. The Bertz CT molecular complexity index is 393. The van der Waals surface area contributed by atoms with Gasteiger partial charge in [-0.3, -0.25) is 4.79 Å². The van der Waals surface area contributed by atoms with E-state index in [0.29, 0.717) is 10.7 Å². The Labute approximate surface area is 116 Å². The number of amides is 1. The van der Waals surface area contributed by atoms with Crippen molar-refractivity contribution in [2.45, 2.75) is 18.2 Å². The van der Waals surface area contributed by atoms with E-state index in [9.17, 15) is 4.79 Å². The molecule has 2 nitrogen and oxygen atoms in total. The molecule has 0 saturated carbocycles. The zero-order valence-electron chi connectivity index (χ0n) is 8.95. The third-order valence-electron chi connectivity index (χ3n) is 2.90. The molecule has 0 spiro atoms. The van der Waals surface area contributed by atoms with Gasteiger partial charge in [-0.05, 0) is 39.7 Å². The number of piperidine rings is 1. The molecular formula is C11H13Br2NOS. The highest BCUT2D eigenvalue weighted by atomic mass is 79.9. The summed E-state index contributed by atoms with van der Waals surface area (Å²) in [5.41, 5.74) is 0. The molecule has 1 aliphatic heterocycles. The van der Waals surface area contributed by atoms with Crippen LogP contribution in [0.3, 0.4) is 0 Å². The molecule has 2 atom stereocenters. The molecule has 1 fully saturated rings. The number of alkyl halides is 1. The van der Waals surface area contributed by atoms with Gasteiger partial charge < -0.3 is 4.90 Å². The molecule has 1 saturated heterocycles.